The Labute approximate surface area is 184 Å². The quantitative estimate of drug-likeness (QED) is 0.542. The van der Waals surface area contributed by atoms with E-state index in [1.54, 1.807) is 24.3 Å². The van der Waals surface area contributed by atoms with Gasteiger partial charge in [0.1, 0.15) is 11.0 Å². The van der Waals surface area contributed by atoms with Gasteiger partial charge < -0.3 is 5.32 Å². The molecule has 1 aromatic heterocycles. The first-order valence-corrected chi connectivity index (χ1v) is 10.8. The molecule has 0 spiro atoms. The van der Waals surface area contributed by atoms with Crippen molar-refractivity contribution < 1.29 is 9.59 Å². The van der Waals surface area contributed by atoms with Crippen LogP contribution in [0.25, 0.3) is 10.6 Å². The number of aromatic nitrogens is 2. The van der Waals surface area contributed by atoms with Crippen molar-refractivity contribution in [1.82, 2.24) is 15.5 Å². The largest absolute Gasteiger partial charge is 0.340 e. The van der Waals surface area contributed by atoms with Crippen molar-refractivity contribution in [2.24, 2.45) is 5.92 Å². The molecule has 0 aliphatic carbocycles. The zero-order valence-electron chi connectivity index (χ0n) is 17.0. The molecule has 3 rings (SSSR count). The molecule has 3 aromatic rings. The molecule has 0 unspecified atom stereocenters. The zero-order chi connectivity index (χ0) is 21.7. The Morgan fingerprint density at radius 2 is 1.87 bits per heavy atom. The fourth-order valence-electron chi connectivity index (χ4n) is 2.83. The molecule has 0 radical (unpaired) electrons. The van der Waals surface area contributed by atoms with Gasteiger partial charge in [-0.3, -0.25) is 14.9 Å². The minimum absolute atomic E-state index is 0.0716. The van der Waals surface area contributed by atoms with E-state index in [0.29, 0.717) is 20.7 Å². The monoisotopic (exact) mass is 442 g/mol. The zero-order valence-corrected chi connectivity index (χ0v) is 18.6. The lowest BCUT2D eigenvalue weighted by Gasteiger charge is -2.23. The number of carbonyl (C=O) groups excluding carboxylic acids is 2. The summed E-state index contributed by atoms with van der Waals surface area (Å²) in [6.07, 6.45) is 0.721. The highest BCUT2D eigenvalue weighted by Crippen LogP contribution is 2.27. The van der Waals surface area contributed by atoms with Crippen LogP contribution >= 0.6 is 22.9 Å². The number of halogens is 1. The van der Waals surface area contributed by atoms with Crippen LogP contribution in [0, 0.1) is 12.8 Å². The number of anilines is 1. The molecule has 156 valence electrons. The van der Waals surface area contributed by atoms with E-state index >= 15 is 0 Å². The Bertz CT molecular complexity index is 1040. The summed E-state index contributed by atoms with van der Waals surface area (Å²) in [7, 11) is 0. The Balaban J connectivity index is 1.73. The van der Waals surface area contributed by atoms with Crippen LogP contribution in [-0.2, 0) is 4.79 Å². The maximum Gasteiger partial charge on any atom is 0.251 e. The first-order valence-electron chi connectivity index (χ1n) is 9.65. The van der Waals surface area contributed by atoms with Crippen LogP contribution in [0.3, 0.4) is 0 Å². The lowest BCUT2D eigenvalue weighted by Crippen LogP contribution is -2.47. The van der Waals surface area contributed by atoms with E-state index in [9.17, 15) is 9.59 Å². The molecule has 1 heterocycles. The maximum absolute atomic E-state index is 12.9. The number of rotatable bonds is 7. The predicted octanol–water partition coefficient (Wildman–Crippen LogP) is 4.95. The summed E-state index contributed by atoms with van der Waals surface area (Å²) in [5.41, 5.74) is 2.50. The van der Waals surface area contributed by atoms with Crippen LogP contribution in [0.2, 0.25) is 5.02 Å². The van der Waals surface area contributed by atoms with Gasteiger partial charge >= 0.3 is 0 Å². The van der Waals surface area contributed by atoms with Crippen molar-refractivity contribution in [1.29, 1.82) is 0 Å². The fraction of sp³-hybridized carbons (Fsp3) is 0.273. The molecule has 0 aliphatic rings. The maximum atomic E-state index is 12.9. The molecular weight excluding hydrogens is 420 g/mol. The van der Waals surface area contributed by atoms with Gasteiger partial charge in [-0.2, -0.15) is 0 Å². The third kappa shape index (κ3) is 5.43. The standard InChI is InChI=1S/C22H23ClN4O2S/c1-4-14(3)18(24-19(28)16-6-5-7-17(23)12-16)20(29)25-22-27-26-21(30-22)15-10-8-13(2)9-11-15/h5-12,14,18H,4H2,1-3H3,(H,24,28)(H,25,27,29)/t14-,18+/m0/s1. The number of nitrogens with zero attached hydrogens (tertiary/aromatic N) is 2. The molecule has 8 heteroatoms. The van der Waals surface area contributed by atoms with Crippen LogP contribution in [-0.4, -0.2) is 28.1 Å². The topological polar surface area (TPSA) is 84.0 Å². The van der Waals surface area contributed by atoms with E-state index in [1.807, 2.05) is 45.0 Å². The van der Waals surface area contributed by atoms with E-state index in [2.05, 4.69) is 20.8 Å². The number of amides is 2. The summed E-state index contributed by atoms with van der Waals surface area (Å²) in [5.74, 6) is -0.750. The molecule has 0 saturated carbocycles. The van der Waals surface area contributed by atoms with Crippen molar-refractivity contribution in [2.45, 2.75) is 33.2 Å². The molecule has 0 fully saturated rings. The molecule has 2 aromatic carbocycles. The average molecular weight is 443 g/mol. The highest BCUT2D eigenvalue weighted by atomic mass is 35.5. The van der Waals surface area contributed by atoms with E-state index in [-0.39, 0.29) is 17.7 Å². The highest BCUT2D eigenvalue weighted by molar-refractivity contribution is 7.18. The van der Waals surface area contributed by atoms with Crippen LogP contribution < -0.4 is 10.6 Å². The number of aryl methyl sites for hydroxylation is 1. The summed E-state index contributed by atoms with van der Waals surface area (Å²) >= 11 is 7.26. The summed E-state index contributed by atoms with van der Waals surface area (Å²) in [5, 5.41) is 15.4. The molecular formula is C22H23ClN4O2S. The van der Waals surface area contributed by atoms with E-state index in [0.717, 1.165) is 17.5 Å². The molecule has 0 aliphatic heterocycles. The smallest absolute Gasteiger partial charge is 0.251 e. The Kier molecular flexibility index (Phi) is 7.18. The molecule has 0 bridgehead atoms. The summed E-state index contributed by atoms with van der Waals surface area (Å²) in [4.78, 5) is 25.6. The average Bonchev–Trinajstić information content (AvgIpc) is 3.20. The SMILES string of the molecule is CC[C@H](C)[C@@H](NC(=O)c1cccc(Cl)c1)C(=O)Nc1nnc(-c2ccc(C)cc2)s1. The van der Waals surface area contributed by atoms with Crippen LogP contribution in [0.5, 0.6) is 0 Å². The van der Waals surface area contributed by atoms with Crippen LogP contribution in [0.15, 0.2) is 48.5 Å². The van der Waals surface area contributed by atoms with Gasteiger partial charge in [0.05, 0.1) is 0 Å². The molecule has 2 atom stereocenters. The van der Waals surface area contributed by atoms with E-state index in [1.165, 1.54) is 11.3 Å². The lowest BCUT2D eigenvalue weighted by molar-refractivity contribution is -0.119. The fourth-order valence-corrected chi connectivity index (χ4v) is 3.77. The van der Waals surface area contributed by atoms with Crippen molar-refractivity contribution in [3.8, 4) is 10.6 Å². The van der Waals surface area contributed by atoms with Gasteiger partial charge in [-0.15, -0.1) is 10.2 Å². The normalized spacial score (nSPS) is 12.8. The Morgan fingerprint density at radius 3 is 2.53 bits per heavy atom. The Hall–Kier alpha value is -2.77. The van der Waals surface area contributed by atoms with Crippen molar-refractivity contribution in [3.63, 3.8) is 0 Å². The molecule has 6 nitrogen and oxygen atoms in total. The van der Waals surface area contributed by atoms with Gasteiger partial charge in [0.15, 0.2) is 0 Å². The molecule has 30 heavy (non-hydrogen) atoms. The van der Waals surface area contributed by atoms with Gasteiger partial charge in [0.25, 0.3) is 5.91 Å². The van der Waals surface area contributed by atoms with E-state index < -0.39 is 6.04 Å². The highest BCUT2D eigenvalue weighted by Gasteiger charge is 2.27. The van der Waals surface area contributed by atoms with E-state index in [4.69, 9.17) is 11.6 Å². The number of nitrogens with one attached hydrogen (secondary N) is 2. The number of benzene rings is 2. The lowest BCUT2D eigenvalue weighted by atomic mass is 9.98. The number of hydrogen-bond acceptors (Lipinski definition) is 5. The molecule has 0 saturated heterocycles. The van der Waals surface area contributed by atoms with Gasteiger partial charge in [-0.1, -0.05) is 79.1 Å². The van der Waals surface area contributed by atoms with Crippen molar-refractivity contribution in [3.05, 3.63) is 64.7 Å². The number of carbonyl (C=O) groups is 2. The Morgan fingerprint density at radius 1 is 1.13 bits per heavy atom. The number of hydrogen-bond donors (Lipinski definition) is 2. The van der Waals surface area contributed by atoms with Gasteiger partial charge in [-0.25, -0.2) is 0 Å². The first kappa shape index (κ1) is 21.9. The third-order valence-electron chi connectivity index (χ3n) is 4.82. The first-order chi connectivity index (χ1) is 14.4. The second kappa shape index (κ2) is 9.82. The minimum Gasteiger partial charge on any atom is -0.340 e. The molecule has 2 N–H and O–H groups in total. The summed E-state index contributed by atoms with van der Waals surface area (Å²) in [6, 6.07) is 13.8. The second-order valence-electron chi connectivity index (χ2n) is 7.11. The van der Waals surface area contributed by atoms with Gasteiger partial charge in [0, 0.05) is 16.1 Å². The summed E-state index contributed by atoms with van der Waals surface area (Å²) < 4.78 is 0. The minimum atomic E-state index is -0.715. The second-order valence-corrected chi connectivity index (χ2v) is 8.53. The van der Waals surface area contributed by atoms with Crippen molar-refractivity contribution in [2.75, 3.05) is 5.32 Å². The van der Waals surface area contributed by atoms with Crippen LogP contribution in [0.4, 0.5) is 5.13 Å². The molecule has 2 amide bonds. The third-order valence-corrected chi connectivity index (χ3v) is 5.95. The van der Waals surface area contributed by atoms with Gasteiger partial charge in [-0.05, 0) is 31.0 Å². The predicted molar refractivity (Wildman–Crippen MR) is 121 cm³/mol. The van der Waals surface area contributed by atoms with Crippen molar-refractivity contribution >= 4 is 39.9 Å². The van der Waals surface area contributed by atoms with Gasteiger partial charge in [0.2, 0.25) is 11.0 Å². The van der Waals surface area contributed by atoms with Crippen LogP contribution in [0.1, 0.15) is 36.2 Å². The summed E-state index contributed by atoms with van der Waals surface area (Å²) in [6.45, 7) is 5.90.